The van der Waals surface area contributed by atoms with Gasteiger partial charge in [0.05, 0.1) is 22.1 Å². The summed E-state index contributed by atoms with van der Waals surface area (Å²) in [5, 5.41) is 5.20. The van der Waals surface area contributed by atoms with E-state index in [0.29, 0.717) is 0 Å². The minimum absolute atomic E-state index is 0.490. The Morgan fingerprint density at radius 1 is 0.329 bits per heavy atom. The number of thiophene rings is 1. The van der Waals surface area contributed by atoms with Crippen molar-refractivity contribution in [3.63, 3.8) is 0 Å². The number of anilines is 3. The molecule has 1 unspecified atom stereocenters. The average molecular weight is 907 g/mol. The number of benzene rings is 11. The topological polar surface area (TPSA) is 8.17 Å². The minimum Gasteiger partial charge on any atom is -0.310 e. The first-order valence-corrected chi connectivity index (χ1v) is 25.0. The highest BCUT2D eigenvalue weighted by Crippen LogP contribution is 2.66. The van der Waals surface area contributed by atoms with Crippen LogP contribution in [0, 0.1) is 0 Å². The fourth-order valence-electron chi connectivity index (χ4n) is 12.3. The maximum Gasteiger partial charge on any atom is 0.0726 e. The normalized spacial score (nSPS) is 14.3. The maximum atomic E-state index is 2.48. The SMILES string of the molecule is c1ccc(-c2ccc(N(c3ccc(-c4ccc(-n5c6ccccc6c6ccccc65)cc4)cc3)c3cccc4c3-c3ccccc3C43c4ccccc4-c4c3ccc3c4sc4ccccc43)cc2)cc1. The summed E-state index contributed by atoms with van der Waals surface area (Å²) < 4.78 is 5.08. The number of para-hydroxylation sites is 2. The predicted octanol–water partition coefficient (Wildman–Crippen LogP) is 18.3. The van der Waals surface area contributed by atoms with Crippen molar-refractivity contribution >= 4 is 70.4 Å². The molecule has 326 valence electrons. The van der Waals surface area contributed by atoms with Crippen LogP contribution in [0.3, 0.4) is 0 Å². The lowest BCUT2D eigenvalue weighted by atomic mass is 9.70. The van der Waals surface area contributed by atoms with Crippen LogP contribution in [0.25, 0.3) is 92.2 Å². The Labute approximate surface area is 410 Å². The second kappa shape index (κ2) is 15.1. The summed E-state index contributed by atoms with van der Waals surface area (Å²) in [6.45, 7) is 0. The van der Waals surface area contributed by atoms with Crippen molar-refractivity contribution in [2.75, 3.05) is 4.90 Å². The molecular weight excluding hydrogens is 865 g/mol. The van der Waals surface area contributed by atoms with E-state index < -0.39 is 5.41 Å². The standard InChI is InChI=1S/C67H42N2S/c1-2-15-43(16-3-1)44-29-35-47(36-30-44)68(48-37-31-45(32-38-48)46-33-39-49(40-34-46)69-60-25-11-6-17-50(60)51-18-7-12-26-61(51)69)62-27-14-24-58-64(62)54-20-4-9-22-56(54)67(58)57-23-10-5-21-55(57)65-59(67)42-41-53-52-19-8-13-28-63(52)70-66(53)65/h1-42H. The zero-order valence-corrected chi connectivity index (χ0v) is 38.9. The summed E-state index contributed by atoms with van der Waals surface area (Å²) >= 11 is 1.93. The summed E-state index contributed by atoms with van der Waals surface area (Å²) in [6.07, 6.45) is 0. The van der Waals surface area contributed by atoms with Gasteiger partial charge in [0.2, 0.25) is 0 Å². The van der Waals surface area contributed by atoms with E-state index in [1.807, 2.05) is 11.3 Å². The van der Waals surface area contributed by atoms with E-state index >= 15 is 0 Å². The lowest BCUT2D eigenvalue weighted by molar-refractivity contribution is 0.794. The molecule has 3 heteroatoms. The third kappa shape index (κ3) is 5.49. The summed E-state index contributed by atoms with van der Waals surface area (Å²) in [5.41, 5.74) is 21.8. The number of nitrogens with zero attached hydrogens (tertiary/aromatic N) is 2. The summed E-state index contributed by atoms with van der Waals surface area (Å²) in [4.78, 5) is 2.48. The Morgan fingerprint density at radius 3 is 1.46 bits per heavy atom. The van der Waals surface area contributed by atoms with Crippen LogP contribution in [0.5, 0.6) is 0 Å². The molecule has 2 heterocycles. The molecule has 2 aromatic heterocycles. The van der Waals surface area contributed by atoms with Gasteiger partial charge in [-0.05, 0) is 116 Å². The molecule has 0 amide bonds. The van der Waals surface area contributed by atoms with E-state index in [-0.39, 0.29) is 0 Å². The first-order chi connectivity index (χ1) is 34.7. The van der Waals surface area contributed by atoms with Gasteiger partial charge in [-0.2, -0.15) is 0 Å². The smallest absolute Gasteiger partial charge is 0.0726 e. The molecule has 0 radical (unpaired) electrons. The minimum atomic E-state index is -0.490. The fourth-order valence-corrected chi connectivity index (χ4v) is 13.5. The third-order valence-electron chi connectivity index (χ3n) is 15.2. The highest BCUT2D eigenvalue weighted by atomic mass is 32.1. The molecule has 2 aliphatic carbocycles. The summed E-state index contributed by atoms with van der Waals surface area (Å²) in [6, 6.07) is 94.6. The molecule has 0 fully saturated rings. The lowest BCUT2D eigenvalue weighted by Crippen LogP contribution is -2.26. The van der Waals surface area contributed by atoms with Crippen LogP contribution >= 0.6 is 11.3 Å². The van der Waals surface area contributed by atoms with Crippen molar-refractivity contribution in [3.8, 4) is 50.2 Å². The van der Waals surface area contributed by atoms with Crippen molar-refractivity contribution in [1.82, 2.24) is 4.57 Å². The number of hydrogen-bond donors (Lipinski definition) is 0. The number of rotatable bonds is 6. The molecule has 15 rings (SSSR count). The Balaban J connectivity index is 0.898. The molecule has 0 bridgehead atoms. The van der Waals surface area contributed by atoms with Gasteiger partial charge in [0, 0.05) is 59.1 Å². The molecule has 0 N–H and O–H groups in total. The summed E-state index contributed by atoms with van der Waals surface area (Å²) in [7, 11) is 0. The van der Waals surface area contributed by atoms with Gasteiger partial charge in [-0.1, -0.05) is 194 Å². The molecule has 0 aliphatic heterocycles. The van der Waals surface area contributed by atoms with Gasteiger partial charge in [0.15, 0.2) is 0 Å². The monoisotopic (exact) mass is 906 g/mol. The van der Waals surface area contributed by atoms with Gasteiger partial charge >= 0.3 is 0 Å². The Bertz CT molecular complexity index is 4160. The highest BCUT2D eigenvalue weighted by molar-refractivity contribution is 7.26. The highest BCUT2D eigenvalue weighted by Gasteiger charge is 2.53. The van der Waals surface area contributed by atoms with Crippen LogP contribution in [0.4, 0.5) is 17.1 Å². The van der Waals surface area contributed by atoms with E-state index in [2.05, 4.69) is 264 Å². The van der Waals surface area contributed by atoms with Crippen molar-refractivity contribution in [3.05, 3.63) is 277 Å². The summed E-state index contributed by atoms with van der Waals surface area (Å²) in [5.74, 6) is 0. The number of aromatic nitrogens is 1. The molecule has 1 spiro atoms. The van der Waals surface area contributed by atoms with Crippen LogP contribution in [-0.2, 0) is 5.41 Å². The Hall–Kier alpha value is -8.76. The maximum absolute atomic E-state index is 2.48. The molecule has 2 aliphatic rings. The van der Waals surface area contributed by atoms with E-state index in [9.17, 15) is 0 Å². The van der Waals surface area contributed by atoms with Crippen LogP contribution in [0.15, 0.2) is 255 Å². The molecule has 13 aromatic rings. The van der Waals surface area contributed by atoms with E-state index in [1.54, 1.807) is 0 Å². The lowest BCUT2D eigenvalue weighted by Gasteiger charge is -2.32. The van der Waals surface area contributed by atoms with E-state index in [1.165, 1.54) is 109 Å². The Morgan fingerprint density at radius 2 is 0.814 bits per heavy atom. The fraction of sp³-hybridized carbons (Fsp3) is 0.0149. The van der Waals surface area contributed by atoms with Crippen molar-refractivity contribution in [2.24, 2.45) is 0 Å². The van der Waals surface area contributed by atoms with Gasteiger partial charge in [-0.3, -0.25) is 0 Å². The third-order valence-corrected chi connectivity index (χ3v) is 16.4. The largest absolute Gasteiger partial charge is 0.310 e. The zero-order chi connectivity index (χ0) is 45.9. The molecule has 11 aromatic carbocycles. The van der Waals surface area contributed by atoms with Gasteiger partial charge < -0.3 is 9.47 Å². The molecule has 1 atom stereocenters. The molecule has 70 heavy (non-hydrogen) atoms. The molecule has 0 saturated heterocycles. The van der Waals surface area contributed by atoms with E-state index in [0.717, 1.165) is 22.7 Å². The van der Waals surface area contributed by atoms with Crippen LogP contribution in [0.1, 0.15) is 22.3 Å². The molecular formula is C67H42N2S. The van der Waals surface area contributed by atoms with Gasteiger partial charge in [-0.15, -0.1) is 11.3 Å². The molecule has 2 nitrogen and oxygen atoms in total. The van der Waals surface area contributed by atoms with Crippen molar-refractivity contribution in [1.29, 1.82) is 0 Å². The number of hydrogen-bond acceptors (Lipinski definition) is 2. The number of fused-ring (bicyclic) bond motifs is 17. The Kier molecular flexibility index (Phi) is 8.48. The van der Waals surface area contributed by atoms with Crippen molar-refractivity contribution < 1.29 is 0 Å². The van der Waals surface area contributed by atoms with Gasteiger partial charge in [0.1, 0.15) is 0 Å². The first kappa shape index (κ1) is 39.3. The van der Waals surface area contributed by atoms with Gasteiger partial charge in [-0.25, -0.2) is 0 Å². The van der Waals surface area contributed by atoms with Crippen molar-refractivity contribution in [2.45, 2.75) is 5.41 Å². The van der Waals surface area contributed by atoms with Crippen LogP contribution < -0.4 is 4.90 Å². The molecule has 0 saturated carbocycles. The first-order valence-electron chi connectivity index (χ1n) is 24.2. The quantitative estimate of drug-likeness (QED) is 0.161. The van der Waals surface area contributed by atoms with E-state index in [4.69, 9.17) is 0 Å². The predicted molar refractivity (Wildman–Crippen MR) is 296 cm³/mol. The van der Waals surface area contributed by atoms with Crippen LogP contribution in [0.2, 0.25) is 0 Å². The van der Waals surface area contributed by atoms with Gasteiger partial charge in [0.25, 0.3) is 0 Å². The zero-order valence-electron chi connectivity index (χ0n) is 38.1. The second-order valence-corrected chi connectivity index (χ2v) is 19.8. The second-order valence-electron chi connectivity index (χ2n) is 18.7. The average Bonchev–Trinajstić information content (AvgIpc) is 4.16. The van der Waals surface area contributed by atoms with Crippen LogP contribution in [-0.4, -0.2) is 4.57 Å².